The molecule has 1 fully saturated rings. The highest BCUT2D eigenvalue weighted by atomic mass is 31.1. The monoisotopic (exact) mass is 179 g/mol. The zero-order valence-corrected chi connectivity index (χ0v) is 7.07. The maximum absolute atomic E-state index is 10.5. The molecular formula is C5H10NO4P. The van der Waals surface area contributed by atoms with Gasteiger partial charge >= 0.3 is 0 Å². The fraction of sp³-hybridized carbons (Fsp3) is 0.800. The molecule has 0 aromatic carbocycles. The van der Waals surface area contributed by atoms with E-state index in [0.29, 0.717) is 6.61 Å². The number of ether oxygens (including phenoxy) is 1. The van der Waals surface area contributed by atoms with Crippen LogP contribution >= 0.6 is 9.03 Å². The maximum Gasteiger partial charge on any atom is 0.246 e. The molecule has 0 bridgehead atoms. The van der Waals surface area contributed by atoms with Crippen molar-refractivity contribution >= 4 is 14.9 Å². The van der Waals surface area contributed by atoms with Gasteiger partial charge in [-0.3, -0.25) is 4.79 Å². The highest BCUT2D eigenvalue weighted by Gasteiger charge is 2.21. The first-order valence-corrected chi connectivity index (χ1v) is 3.99. The molecule has 64 valence electrons. The van der Waals surface area contributed by atoms with Gasteiger partial charge in [0.25, 0.3) is 0 Å². The van der Waals surface area contributed by atoms with Gasteiger partial charge < -0.3 is 19.5 Å². The fourth-order valence-corrected chi connectivity index (χ4v) is 1.09. The summed E-state index contributed by atoms with van der Waals surface area (Å²) in [6, 6.07) is 0. The molecular weight excluding hydrogens is 169 g/mol. The number of hydrogen-bond donors (Lipinski definition) is 1. The van der Waals surface area contributed by atoms with E-state index in [1.54, 1.807) is 6.92 Å². The molecule has 0 aromatic heterocycles. The van der Waals surface area contributed by atoms with Gasteiger partial charge in [0.05, 0.1) is 0 Å². The number of carbonyl (C=O) groups excluding carboxylic acids is 1. The molecule has 1 heterocycles. The third kappa shape index (κ3) is 2.71. The smallest absolute Gasteiger partial charge is 0.246 e. The molecule has 0 aliphatic carbocycles. The lowest BCUT2D eigenvalue weighted by molar-refractivity contribution is -0.144. The van der Waals surface area contributed by atoms with Gasteiger partial charge in [-0.2, -0.15) is 0 Å². The summed E-state index contributed by atoms with van der Waals surface area (Å²) in [6.45, 7) is 1.95. The van der Waals surface area contributed by atoms with Gasteiger partial charge in [-0.1, -0.05) is 0 Å². The normalized spacial score (nSPS) is 29.0. The van der Waals surface area contributed by atoms with Crippen LogP contribution in [0.25, 0.3) is 0 Å². The minimum absolute atomic E-state index is 0.00495. The molecule has 3 atom stereocenters. The van der Waals surface area contributed by atoms with Crippen molar-refractivity contribution in [1.82, 2.24) is 0 Å². The van der Waals surface area contributed by atoms with E-state index in [4.69, 9.17) is 19.5 Å². The van der Waals surface area contributed by atoms with Gasteiger partial charge in [-0.25, -0.2) is 0 Å². The van der Waals surface area contributed by atoms with Crippen molar-refractivity contribution in [2.75, 3.05) is 6.61 Å². The maximum atomic E-state index is 10.5. The topological polar surface area (TPSA) is 70.8 Å². The van der Waals surface area contributed by atoms with E-state index in [2.05, 4.69) is 0 Å². The van der Waals surface area contributed by atoms with Gasteiger partial charge in [0.2, 0.25) is 5.91 Å². The number of carbonyl (C=O) groups is 1. The van der Waals surface area contributed by atoms with Crippen LogP contribution in [0.1, 0.15) is 6.92 Å². The van der Waals surface area contributed by atoms with Crippen LogP contribution in [-0.2, 0) is 18.6 Å². The van der Waals surface area contributed by atoms with E-state index in [1.165, 1.54) is 0 Å². The second-order valence-corrected chi connectivity index (χ2v) is 2.81. The second-order valence-electron chi connectivity index (χ2n) is 2.12. The van der Waals surface area contributed by atoms with Crippen LogP contribution in [0.3, 0.4) is 0 Å². The Morgan fingerprint density at radius 3 is 3.09 bits per heavy atom. The SMILES string of the molecule is CC(OC1COPO1)C(N)=O. The Bertz CT molecular complexity index is 147. The van der Waals surface area contributed by atoms with Crippen LogP contribution in [0.4, 0.5) is 0 Å². The molecule has 0 radical (unpaired) electrons. The first-order valence-electron chi connectivity index (χ1n) is 3.17. The summed E-state index contributed by atoms with van der Waals surface area (Å²) in [4.78, 5) is 10.5. The minimum Gasteiger partial charge on any atom is -0.367 e. The molecule has 2 N–H and O–H groups in total. The zero-order valence-electron chi connectivity index (χ0n) is 6.07. The summed E-state index contributed by atoms with van der Waals surface area (Å²) >= 11 is 0. The number of primary amides is 1. The summed E-state index contributed by atoms with van der Waals surface area (Å²) in [5, 5.41) is 0. The van der Waals surface area contributed by atoms with E-state index in [-0.39, 0.29) is 9.03 Å². The molecule has 1 saturated heterocycles. The molecule has 0 saturated carbocycles. The van der Waals surface area contributed by atoms with E-state index >= 15 is 0 Å². The molecule has 5 nitrogen and oxygen atoms in total. The second kappa shape index (κ2) is 3.97. The van der Waals surface area contributed by atoms with Crippen molar-refractivity contribution < 1.29 is 18.6 Å². The predicted octanol–water partition coefficient (Wildman–Crippen LogP) is -0.242. The van der Waals surface area contributed by atoms with E-state index in [1.807, 2.05) is 0 Å². The largest absolute Gasteiger partial charge is 0.367 e. The standard InChI is InChI=1S/C5H10NO4P/c1-3(5(6)7)9-4-2-8-11-10-4/h3-4,11H,2H2,1H3,(H2,6,7). The van der Waals surface area contributed by atoms with Crippen molar-refractivity contribution in [3.63, 3.8) is 0 Å². The highest BCUT2D eigenvalue weighted by Crippen LogP contribution is 2.26. The fourth-order valence-electron chi connectivity index (χ4n) is 0.586. The molecule has 0 aromatic rings. The molecule has 1 amide bonds. The van der Waals surface area contributed by atoms with Crippen LogP contribution in [0, 0.1) is 0 Å². The van der Waals surface area contributed by atoms with E-state index < -0.39 is 18.3 Å². The molecule has 1 rings (SSSR count). The van der Waals surface area contributed by atoms with Crippen LogP contribution in [0.2, 0.25) is 0 Å². The first kappa shape index (κ1) is 8.87. The number of nitrogens with two attached hydrogens (primary N) is 1. The molecule has 11 heavy (non-hydrogen) atoms. The molecule has 6 heteroatoms. The lowest BCUT2D eigenvalue weighted by atomic mass is 10.4. The van der Waals surface area contributed by atoms with Crippen LogP contribution < -0.4 is 5.73 Å². The van der Waals surface area contributed by atoms with Crippen LogP contribution in [0.5, 0.6) is 0 Å². The Hall–Kier alpha value is -0.220. The summed E-state index contributed by atoms with van der Waals surface area (Å²) in [7, 11) is 0.00495. The van der Waals surface area contributed by atoms with Crippen molar-refractivity contribution in [3.05, 3.63) is 0 Å². The zero-order chi connectivity index (χ0) is 8.27. The third-order valence-corrected chi connectivity index (χ3v) is 1.86. The number of amides is 1. The van der Waals surface area contributed by atoms with Crippen LogP contribution in [-0.4, -0.2) is 24.9 Å². The average Bonchev–Trinajstić information content (AvgIpc) is 2.39. The summed E-state index contributed by atoms with van der Waals surface area (Å²) in [5.74, 6) is -0.496. The summed E-state index contributed by atoms with van der Waals surface area (Å²) in [5.41, 5.74) is 4.96. The highest BCUT2D eigenvalue weighted by molar-refractivity contribution is 7.26. The summed E-state index contributed by atoms with van der Waals surface area (Å²) in [6.07, 6.45) is -1.05. The van der Waals surface area contributed by atoms with Crippen molar-refractivity contribution in [2.45, 2.75) is 19.3 Å². The molecule has 3 unspecified atom stereocenters. The Morgan fingerprint density at radius 2 is 2.64 bits per heavy atom. The number of rotatable bonds is 3. The van der Waals surface area contributed by atoms with Gasteiger partial charge in [-0.15, -0.1) is 0 Å². The Labute approximate surface area is 66.1 Å². The number of hydrogen-bond acceptors (Lipinski definition) is 4. The van der Waals surface area contributed by atoms with Crippen LogP contribution in [0.15, 0.2) is 0 Å². The summed E-state index contributed by atoms with van der Waals surface area (Å²) < 4.78 is 14.9. The van der Waals surface area contributed by atoms with Crippen molar-refractivity contribution in [1.29, 1.82) is 0 Å². The van der Waals surface area contributed by atoms with Gasteiger partial charge in [0.15, 0.2) is 15.3 Å². The van der Waals surface area contributed by atoms with Gasteiger partial charge in [0.1, 0.15) is 12.7 Å². The van der Waals surface area contributed by atoms with Gasteiger partial charge in [0, 0.05) is 0 Å². The molecule has 1 aliphatic rings. The quantitative estimate of drug-likeness (QED) is 0.607. The first-order chi connectivity index (χ1) is 5.20. The van der Waals surface area contributed by atoms with Crippen molar-refractivity contribution in [2.24, 2.45) is 5.73 Å². The predicted molar refractivity (Wildman–Crippen MR) is 38.9 cm³/mol. The lowest BCUT2D eigenvalue weighted by Crippen LogP contribution is -2.32. The van der Waals surface area contributed by atoms with Crippen molar-refractivity contribution in [3.8, 4) is 0 Å². The Morgan fingerprint density at radius 1 is 1.91 bits per heavy atom. The Kier molecular flexibility index (Phi) is 3.20. The third-order valence-electron chi connectivity index (χ3n) is 1.21. The average molecular weight is 179 g/mol. The molecule has 0 spiro atoms. The van der Waals surface area contributed by atoms with E-state index in [9.17, 15) is 4.79 Å². The van der Waals surface area contributed by atoms with Gasteiger partial charge in [-0.05, 0) is 6.92 Å². The Balaban J connectivity index is 2.23. The molecule has 1 aliphatic heterocycles. The minimum atomic E-state index is -0.619. The lowest BCUT2D eigenvalue weighted by Gasteiger charge is -2.12. The van der Waals surface area contributed by atoms with E-state index in [0.717, 1.165) is 0 Å².